The molecule has 0 amide bonds. The molecule has 0 radical (unpaired) electrons. The van der Waals surface area contributed by atoms with E-state index >= 15 is 0 Å². The molecule has 1 saturated heterocycles. The van der Waals surface area contributed by atoms with Gasteiger partial charge < -0.3 is 23.7 Å². The Labute approximate surface area is 185 Å². The Morgan fingerprint density at radius 1 is 0.968 bits per heavy atom. The van der Waals surface area contributed by atoms with Crippen molar-refractivity contribution in [2.75, 3.05) is 13.7 Å². The lowest BCUT2D eigenvalue weighted by molar-refractivity contribution is -0.262. The van der Waals surface area contributed by atoms with Gasteiger partial charge in [0.2, 0.25) is 0 Å². The van der Waals surface area contributed by atoms with E-state index in [1.807, 2.05) is 60.7 Å². The second kappa shape index (κ2) is 11.5. The van der Waals surface area contributed by atoms with Gasteiger partial charge >= 0.3 is 0 Å². The molecule has 1 aliphatic rings. The molecule has 168 valence electrons. The number of carbonyl (C=O) groups excluding carboxylic acids is 1. The van der Waals surface area contributed by atoms with Crippen LogP contribution in [0.15, 0.2) is 60.7 Å². The number of ether oxygens (including phenoxy) is 4. The van der Waals surface area contributed by atoms with Gasteiger partial charge in [-0.1, -0.05) is 74.5 Å². The van der Waals surface area contributed by atoms with Gasteiger partial charge in [-0.15, -0.1) is 0 Å². The molecular weight excluding hydrogens is 392 g/mol. The minimum absolute atomic E-state index is 0.121. The number of aldehydes is 1. The minimum Gasteiger partial charge on any atom is -0.378 e. The van der Waals surface area contributed by atoms with E-state index in [-0.39, 0.29) is 29.8 Å². The first-order valence-corrected chi connectivity index (χ1v) is 11.0. The van der Waals surface area contributed by atoms with E-state index in [9.17, 15) is 4.79 Å². The van der Waals surface area contributed by atoms with Crippen molar-refractivity contribution in [3.05, 3.63) is 71.8 Å². The van der Waals surface area contributed by atoms with E-state index in [0.29, 0.717) is 32.7 Å². The Morgan fingerprint density at radius 2 is 1.58 bits per heavy atom. The van der Waals surface area contributed by atoms with Crippen LogP contribution < -0.4 is 0 Å². The third-order valence-electron chi connectivity index (χ3n) is 6.05. The highest BCUT2D eigenvalue weighted by Gasteiger charge is 2.51. The molecule has 4 atom stereocenters. The highest BCUT2D eigenvalue weighted by molar-refractivity contribution is 5.49. The van der Waals surface area contributed by atoms with Gasteiger partial charge in [-0.25, -0.2) is 0 Å². The summed E-state index contributed by atoms with van der Waals surface area (Å²) in [6, 6.07) is 20.2. The van der Waals surface area contributed by atoms with Gasteiger partial charge in [-0.2, -0.15) is 0 Å². The monoisotopic (exact) mass is 426 g/mol. The predicted molar refractivity (Wildman–Crippen MR) is 120 cm³/mol. The van der Waals surface area contributed by atoms with Crippen molar-refractivity contribution in [1.29, 1.82) is 0 Å². The molecule has 2 aromatic rings. The number of methoxy groups -OCH3 is 1. The fourth-order valence-corrected chi connectivity index (χ4v) is 4.33. The average molecular weight is 427 g/mol. The molecule has 0 unspecified atom stereocenters. The highest BCUT2D eigenvalue weighted by atomic mass is 16.6. The molecule has 31 heavy (non-hydrogen) atoms. The zero-order valence-corrected chi connectivity index (χ0v) is 18.7. The second-order valence-corrected chi connectivity index (χ2v) is 8.65. The van der Waals surface area contributed by atoms with Crippen molar-refractivity contribution in [2.24, 2.45) is 5.41 Å². The van der Waals surface area contributed by atoms with Crippen LogP contribution in [0.3, 0.4) is 0 Å². The molecule has 1 aliphatic heterocycles. The first kappa shape index (κ1) is 23.6. The van der Waals surface area contributed by atoms with E-state index in [1.165, 1.54) is 0 Å². The largest absolute Gasteiger partial charge is 0.378 e. The zero-order valence-electron chi connectivity index (χ0n) is 18.7. The summed E-state index contributed by atoms with van der Waals surface area (Å²) in [7, 11) is 1.72. The molecular formula is C26H34O5. The van der Waals surface area contributed by atoms with Crippen LogP contribution in [-0.4, -0.2) is 44.4 Å². The molecule has 0 saturated carbocycles. The first-order valence-electron chi connectivity index (χ1n) is 11.0. The average Bonchev–Trinajstić information content (AvgIpc) is 2.79. The molecule has 1 heterocycles. The SMILES string of the molecule is CO[C@H]1[C@@H](OCc2ccccc2)[C@@H](COCc2ccccc2)O[C@H](CCC=O)C1(C)C. The van der Waals surface area contributed by atoms with Crippen molar-refractivity contribution in [3.63, 3.8) is 0 Å². The Bertz CT molecular complexity index is 777. The lowest BCUT2D eigenvalue weighted by atomic mass is 9.73. The van der Waals surface area contributed by atoms with Crippen molar-refractivity contribution in [3.8, 4) is 0 Å². The van der Waals surface area contributed by atoms with E-state index in [2.05, 4.69) is 13.8 Å². The van der Waals surface area contributed by atoms with Gasteiger partial charge in [-0.3, -0.25) is 0 Å². The molecule has 5 nitrogen and oxygen atoms in total. The van der Waals surface area contributed by atoms with Crippen LogP contribution >= 0.6 is 0 Å². The normalized spacial score (nSPS) is 25.3. The number of hydrogen-bond donors (Lipinski definition) is 0. The van der Waals surface area contributed by atoms with E-state index in [1.54, 1.807) is 7.11 Å². The van der Waals surface area contributed by atoms with Gasteiger partial charge in [0.25, 0.3) is 0 Å². The molecule has 2 aromatic carbocycles. The summed E-state index contributed by atoms with van der Waals surface area (Å²) in [4.78, 5) is 11.0. The summed E-state index contributed by atoms with van der Waals surface area (Å²) in [5.74, 6) is 0. The van der Waals surface area contributed by atoms with Crippen LogP contribution in [0.1, 0.15) is 37.8 Å². The molecule has 0 aliphatic carbocycles. The lowest BCUT2D eigenvalue weighted by Gasteiger charge is -2.51. The topological polar surface area (TPSA) is 54.0 Å². The van der Waals surface area contributed by atoms with Crippen molar-refractivity contribution in [1.82, 2.24) is 0 Å². The van der Waals surface area contributed by atoms with Crippen LogP contribution in [0.5, 0.6) is 0 Å². The highest BCUT2D eigenvalue weighted by Crippen LogP contribution is 2.41. The summed E-state index contributed by atoms with van der Waals surface area (Å²) in [5.41, 5.74) is 1.90. The number of carbonyl (C=O) groups is 1. The van der Waals surface area contributed by atoms with Crippen LogP contribution in [0.2, 0.25) is 0 Å². The van der Waals surface area contributed by atoms with Crippen LogP contribution in [0.25, 0.3) is 0 Å². The number of rotatable bonds is 11. The predicted octanol–water partition coefficient (Wildman–Crippen LogP) is 4.58. The van der Waals surface area contributed by atoms with Crippen LogP contribution in [0, 0.1) is 5.41 Å². The fourth-order valence-electron chi connectivity index (χ4n) is 4.33. The molecule has 3 rings (SSSR count). The van der Waals surface area contributed by atoms with E-state index < -0.39 is 0 Å². The molecule has 0 aromatic heterocycles. The maximum atomic E-state index is 11.0. The Kier molecular flexibility index (Phi) is 8.79. The van der Waals surface area contributed by atoms with E-state index in [0.717, 1.165) is 17.4 Å². The fraction of sp³-hybridized carbons (Fsp3) is 0.500. The van der Waals surface area contributed by atoms with E-state index in [4.69, 9.17) is 18.9 Å². The third-order valence-corrected chi connectivity index (χ3v) is 6.05. The summed E-state index contributed by atoms with van der Waals surface area (Å²) in [6.45, 7) is 5.61. The van der Waals surface area contributed by atoms with Crippen molar-refractivity contribution >= 4 is 6.29 Å². The number of benzene rings is 2. The Hall–Kier alpha value is -2.05. The smallest absolute Gasteiger partial charge is 0.120 e. The Balaban J connectivity index is 1.74. The maximum absolute atomic E-state index is 11.0. The summed E-state index contributed by atoms with van der Waals surface area (Å²) >= 11 is 0. The molecule has 0 spiro atoms. The molecule has 1 fully saturated rings. The van der Waals surface area contributed by atoms with Gasteiger partial charge in [0.05, 0.1) is 32.0 Å². The molecule has 5 heteroatoms. The van der Waals surface area contributed by atoms with Crippen LogP contribution in [0.4, 0.5) is 0 Å². The standard InChI is InChI=1S/C26H34O5/c1-26(2)23(15-10-16-27)31-22(19-29-17-20-11-6-4-7-12-20)24(25(26)28-3)30-18-21-13-8-5-9-14-21/h4-9,11-14,16,22-25H,10,15,17-19H2,1-3H3/t22-,23-,24+,25+/m1/s1. The van der Waals surface area contributed by atoms with Gasteiger partial charge in [-0.05, 0) is 17.5 Å². The zero-order chi connectivity index (χ0) is 22.1. The number of hydrogen-bond acceptors (Lipinski definition) is 5. The second-order valence-electron chi connectivity index (χ2n) is 8.65. The van der Waals surface area contributed by atoms with Gasteiger partial charge in [0.15, 0.2) is 0 Å². The molecule has 0 N–H and O–H groups in total. The van der Waals surface area contributed by atoms with Gasteiger partial charge in [0.1, 0.15) is 18.5 Å². The van der Waals surface area contributed by atoms with Crippen molar-refractivity contribution < 1.29 is 23.7 Å². The maximum Gasteiger partial charge on any atom is 0.120 e. The summed E-state index contributed by atoms with van der Waals surface area (Å²) in [6.07, 6.45) is 1.16. The van der Waals surface area contributed by atoms with Crippen LogP contribution in [-0.2, 0) is 37.0 Å². The lowest BCUT2D eigenvalue weighted by Crippen LogP contribution is -2.61. The third kappa shape index (κ3) is 6.23. The van der Waals surface area contributed by atoms with Crippen molar-refractivity contribution in [2.45, 2.75) is 64.3 Å². The first-order chi connectivity index (χ1) is 15.1. The summed E-state index contributed by atoms with van der Waals surface area (Å²) < 4.78 is 24.9. The minimum atomic E-state index is -0.310. The molecule has 0 bridgehead atoms. The van der Waals surface area contributed by atoms with Gasteiger partial charge in [0, 0.05) is 18.9 Å². The quantitative estimate of drug-likeness (QED) is 0.493. The summed E-state index contributed by atoms with van der Waals surface area (Å²) in [5, 5.41) is 0. The Morgan fingerprint density at radius 3 is 2.16 bits per heavy atom.